The molecule has 0 radical (unpaired) electrons. The first-order valence-corrected chi connectivity index (χ1v) is 13.8. The zero-order valence-corrected chi connectivity index (χ0v) is 24.0. The van der Waals surface area contributed by atoms with Gasteiger partial charge in [-0.05, 0) is 111 Å². The molecule has 3 heteroatoms. The summed E-state index contributed by atoms with van der Waals surface area (Å²) in [5.74, 6) is 2.24. The van der Waals surface area contributed by atoms with E-state index in [0.29, 0.717) is 17.5 Å². The van der Waals surface area contributed by atoms with E-state index in [1.807, 2.05) is 25.3 Å². The number of nitrogens with zero attached hydrogens (tertiary/aromatic N) is 2. The standard InChI is InChI=1S/C34H45N3/c1-21(2)30(17-22(3)15-16-37-34-25(6)26(34)7)33(27(8)36-9)32(29-13-14-29)18-24(5)31-19-28(20-35)12-10-11-23(31)4/h10,12,18-19,24-26,29,34,37H,1,3,13-17H2,2,4-9H3/b32-18-,33-30+,36-27?. The molecule has 0 saturated heterocycles. The van der Waals surface area contributed by atoms with Crippen molar-refractivity contribution in [1.29, 1.82) is 5.26 Å². The quantitative estimate of drug-likeness (QED) is 0.129. The maximum absolute atomic E-state index is 9.53. The van der Waals surface area contributed by atoms with Crippen LogP contribution in [0.4, 0.5) is 0 Å². The first-order chi connectivity index (χ1) is 17.6. The molecule has 196 valence electrons. The highest BCUT2D eigenvalue weighted by atomic mass is 15.0. The maximum atomic E-state index is 9.53. The van der Waals surface area contributed by atoms with Crippen LogP contribution in [0.3, 0.4) is 0 Å². The second kappa shape index (κ2) is 12.6. The summed E-state index contributed by atoms with van der Waals surface area (Å²) in [6.07, 6.45) is 12.3. The van der Waals surface area contributed by atoms with E-state index in [-0.39, 0.29) is 5.92 Å². The Morgan fingerprint density at radius 2 is 1.95 bits per heavy atom. The third kappa shape index (κ3) is 7.32. The van der Waals surface area contributed by atoms with E-state index >= 15 is 0 Å². The summed E-state index contributed by atoms with van der Waals surface area (Å²) < 4.78 is 0. The Bertz CT molecular complexity index is 1190. The van der Waals surface area contributed by atoms with Crippen molar-refractivity contribution in [3.05, 3.63) is 87.8 Å². The Balaban J connectivity index is 1.94. The summed E-state index contributed by atoms with van der Waals surface area (Å²) in [6.45, 7) is 23.0. The van der Waals surface area contributed by atoms with E-state index in [2.05, 4.69) is 82.9 Å². The number of hydrogen-bond acceptors (Lipinski definition) is 3. The van der Waals surface area contributed by atoms with Crippen molar-refractivity contribution in [2.45, 2.75) is 73.3 Å². The van der Waals surface area contributed by atoms with Crippen LogP contribution in [-0.2, 0) is 0 Å². The van der Waals surface area contributed by atoms with Gasteiger partial charge in [0.25, 0.3) is 0 Å². The molecule has 0 aromatic rings. The number of hydrogen-bond donors (Lipinski definition) is 1. The molecular weight excluding hydrogens is 450 g/mol. The predicted octanol–water partition coefficient (Wildman–Crippen LogP) is 7.99. The van der Waals surface area contributed by atoms with Gasteiger partial charge in [-0.3, -0.25) is 4.99 Å². The lowest BCUT2D eigenvalue weighted by Gasteiger charge is -2.22. The van der Waals surface area contributed by atoms with E-state index < -0.39 is 0 Å². The van der Waals surface area contributed by atoms with E-state index in [1.165, 1.54) is 35.1 Å². The largest absolute Gasteiger partial charge is 0.313 e. The van der Waals surface area contributed by atoms with Crippen molar-refractivity contribution in [3.63, 3.8) is 0 Å². The van der Waals surface area contributed by atoms with Crippen molar-refractivity contribution in [2.24, 2.45) is 28.7 Å². The third-order valence-corrected chi connectivity index (χ3v) is 8.28. The van der Waals surface area contributed by atoms with Gasteiger partial charge in [0.2, 0.25) is 0 Å². The van der Waals surface area contributed by atoms with Crippen molar-refractivity contribution >= 4 is 5.71 Å². The molecule has 3 aliphatic rings. The summed E-state index contributed by atoms with van der Waals surface area (Å²) >= 11 is 0. The fourth-order valence-electron chi connectivity index (χ4n) is 5.34. The molecule has 0 heterocycles. The zero-order valence-electron chi connectivity index (χ0n) is 24.0. The minimum atomic E-state index is 0.146. The SMILES string of the molecule is C=C(CCNC1C(C)C1C)C/C(C(=C)C)=C(C(C)=NC)\C(=C/C(C)C1=CC(C#N)=CC=C=C1C)C1CC1. The van der Waals surface area contributed by atoms with E-state index in [1.54, 1.807) is 0 Å². The lowest BCUT2D eigenvalue weighted by molar-refractivity contribution is 0.633. The summed E-state index contributed by atoms with van der Waals surface area (Å²) in [7, 11) is 1.88. The van der Waals surface area contributed by atoms with Gasteiger partial charge >= 0.3 is 0 Å². The Hall–Kier alpha value is -2.92. The van der Waals surface area contributed by atoms with Crippen LogP contribution in [0.1, 0.15) is 67.2 Å². The Labute approximate surface area is 225 Å². The van der Waals surface area contributed by atoms with Gasteiger partial charge in [0.1, 0.15) is 0 Å². The van der Waals surface area contributed by atoms with Gasteiger partial charge in [-0.25, -0.2) is 0 Å². The molecule has 0 aromatic heterocycles. The highest BCUT2D eigenvalue weighted by molar-refractivity contribution is 6.03. The molecule has 2 fully saturated rings. The lowest BCUT2D eigenvalue weighted by atomic mass is 9.83. The van der Waals surface area contributed by atoms with Gasteiger partial charge in [-0.2, -0.15) is 5.26 Å². The predicted molar refractivity (Wildman–Crippen MR) is 158 cm³/mol. The van der Waals surface area contributed by atoms with Crippen LogP contribution in [0.15, 0.2) is 92.8 Å². The highest BCUT2D eigenvalue weighted by Gasteiger charge is 2.42. The smallest absolute Gasteiger partial charge is 0.0991 e. The van der Waals surface area contributed by atoms with Gasteiger partial charge in [-0.15, -0.1) is 5.73 Å². The molecule has 37 heavy (non-hydrogen) atoms. The molecule has 3 aliphatic carbocycles. The number of nitrogens with one attached hydrogen (secondary N) is 1. The second-order valence-corrected chi connectivity index (χ2v) is 11.3. The molecular formula is C34H45N3. The number of rotatable bonds is 12. The van der Waals surface area contributed by atoms with Crippen molar-refractivity contribution in [1.82, 2.24) is 5.32 Å². The average molecular weight is 496 g/mol. The fourth-order valence-corrected chi connectivity index (χ4v) is 5.34. The van der Waals surface area contributed by atoms with Crippen LogP contribution in [0.25, 0.3) is 0 Å². The molecule has 3 unspecified atom stereocenters. The van der Waals surface area contributed by atoms with Crippen LogP contribution in [0.5, 0.6) is 0 Å². The molecule has 0 bridgehead atoms. The van der Waals surface area contributed by atoms with Crippen molar-refractivity contribution < 1.29 is 0 Å². The van der Waals surface area contributed by atoms with Gasteiger partial charge in [0.15, 0.2) is 0 Å². The van der Waals surface area contributed by atoms with Crippen LogP contribution in [0, 0.1) is 35.0 Å². The molecule has 0 spiro atoms. The minimum Gasteiger partial charge on any atom is -0.313 e. The second-order valence-electron chi connectivity index (χ2n) is 11.3. The topological polar surface area (TPSA) is 48.2 Å². The Morgan fingerprint density at radius 3 is 2.49 bits per heavy atom. The average Bonchev–Trinajstić information content (AvgIpc) is 3.79. The number of allylic oxidation sites excluding steroid dienone is 10. The van der Waals surface area contributed by atoms with E-state index in [0.717, 1.165) is 53.7 Å². The first kappa shape index (κ1) is 28.6. The summed E-state index contributed by atoms with van der Waals surface area (Å²) in [5.41, 5.74) is 13.4. The molecule has 0 aromatic carbocycles. The van der Waals surface area contributed by atoms with Crippen LogP contribution in [0.2, 0.25) is 0 Å². The normalized spacial score (nSPS) is 25.2. The molecule has 3 nitrogen and oxygen atoms in total. The van der Waals surface area contributed by atoms with Crippen LogP contribution >= 0.6 is 0 Å². The van der Waals surface area contributed by atoms with Crippen molar-refractivity contribution in [2.75, 3.05) is 13.6 Å². The van der Waals surface area contributed by atoms with E-state index in [4.69, 9.17) is 0 Å². The number of aliphatic imine (C=N–C) groups is 1. The summed E-state index contributed by atoms with van der Waals surface area (Å²) in [6, 6.07) is 2.95. The first-order valence-electron chi connectivity index (χ1n) is 13.8. The van der Waals surface area contributed by atoms with Crippen LogP contribution in [-0.4, -0.2) is 25.3 Å². The highest BCUT2D eigenvalue weighted by Crippen LogP contribution is 2.44. The molecule has 0 aliphatic heterocycles. The molecule has 2 saturated carbocycles. The van der Waals surface area contributed by atoms with Gasteiger partial charge in [0, 0.05) is 30.3 Å². The zero-order chi connectivity index (χ0) is 27.3. The Morgan fingerprint density at radius 1 is 1.27 bits per heavy atom. The van der Waals surface area contributed by atoms with E-state index in [9.17, 15) is 5.26 Å². The fraction of sp³-hybridized carbons (Fsp3) is 0.500. The minimum absolute atomic E-state index is 0.146. The monoisotopic (exact) mass is 495 g/mol. The maximum Gasteiger partial charge on any atom is 0.0991 e. The van der Waals surface area contributed by atoms with Gasteiger partial charge in [-0.1, -0.05) is 51.2 Å². The summed E-state index contributed by atoms with van der Waals surface area (Å²) in [4.78, 5) is 4.66. The van der Waals surface area contributed by atoms with Gasteiger partial charge in [0.05, 0.1) is 11.6 Å². The Kier molecular flexibility index (Phi) is 9.72. The van der Waals surface area contributed by atoms with Crippen molar-refractivity contribution in [3.8, 4) is 6.07 Å². The summed E-state index contributed by atoms with van der Waals surface area (Å²) in [5, 5.41) is 13.2. The van der Waals surface area contributed by atoms with Crippen LogP contribution < -0.4 is 5.32 Å². The molecule has 3 atom stereocenters. The third-order valence-electron chi connectivity index (χ3n) is 8.28. The van der Waals surface area contributed by atoms with Gasteiger partial charge < -0.3 is 5.32 Å². The number of nitriles is 1. The molecule has 0 amide bonds. The molecule has 3 rings (SSSR count). The molecule has 1 N–H and O–H groups in total. The lowest BCUT2D eigenvalue weighted by Crippen LogP contribution is -2.20.